The van der Waals surface area contributed by atoms with E-state index in [1.807, 2.05) is 0 Å². The molecule has 0 heterocycles. The predicted molar refractivity (Wildman–Crippen MR) is 154 cm³/mol. The van der Waals surface area contributed by atoms with Gasteiger partial charge in [0.1, 0.15) is 0 Å². The second-order valence-electron chi connectivity index (χ2n) is 12.2. The Labute approximate surface area is 219 Å². The number of rotatable bonds is 9. The van der Waals surface area contributed by atoms with Crippen LogP contribution >= 0.6 is 0 Å². The highest BCUT2D eigenvalue weighted by Gasteiger charge is 2.50. The van der Waals surface area contributed by atoms with Crippen molar-refractivity contribution in [3.05, 3.63) is 96.1 Å². The topological polar surface area (TPSA) is 26.3 Å². The Hall–Kier alpha value is -2.49. The number of carbonyl (C=O) groups excluding carboxylic acids is 1. The van der Waals surface area contributed by atoms with Gasteiger partial charge in [0.25, 0.3) is 8.32 Å². The van der Waals surface area contributed by atoms with E-state index in [1.54, 1.807) is 0 Å². The van der Waals surface area contributed by atoms with Gasteiger partial charge in [-0.1, -0.05) is 120 Å². The maximum absolute atomic E-state index is 13.5. The van der Waals surface area contributed by atoms with Crippen molar-refractivity contribution in [1.82, 2.24) is 0 Å². The Morgan fingerprint density at radius 3 is 2.11 bits per heavy atom. The summed E-state index contributed by atoms with van der Waals surface area (Å²) in [7, 11) is -2.55. The predicted octanol–water partition coefficient (Wildman–Crippen LogP) is 7.02. The summed E-state index contributed by atoms with van der Waals surface area (Å²) in [4.78, 5) is 13.5. The van der Waals surface area contributed by atoms with Crippen LogP contribution in [-0.4, -0.2) is 20.7 Å². The molecule has 2 aliphatic rings. The van der Waals surface area contributed by atoms with E-state index in [0.717, 1.165) is 18.4 Å². The fraction of sp³-hybridized carbons (Fsp3) is 0.424. The Balaban J connectivity index is 1.49. The van der Waals surface area contributed by atoms with Gasteiger partial charge in [0.2, 0.25) is 0 Å². The molecule has 0 fully saturated rings. The molecule has 4 rings (SSSR count). The summed E-state index contributed by atoms with van der Waals surface area (Å²) < 4.78 is 7.00. The molecule has 2 bridgehead atoms. The Morgan fingerprint density at radius 1 is 1.03 bits per heavy atom. The normalized spacial score (nSPS) is 21.1. The molecule has 2 atom stereocenters. The first-order valence-electron chi connectivity index (χ1n) is 13.4. The molecule has 0 saturated heterocycles. The lowest BCUT2D eigenvalue weighted by atomic mass is 9.65. The third-order valence-electron chi connectivity index (χ3n) is 8.48. The lowest BCUT2D eigenvalue weighted by Crippen LogP contribution is -2.66. The minimum absolute atomic E-state index is 0.0515. The van der Waals surface area contributed by atoms with Crippen molar-refractivity contribution in [3.8, 4) is 0 Å². The second-order valence-corrected chi connectivity index (χ2v) is 16.5. The van der Waals surface area contributed by atoms with Crippen molar-refractivity contribution < 1.29 is 9.22 Å². The quantitative estimate of drug-likeness (QED) is 0.161. The van der Waals surface area contributed by atoms with E-state index in [0.29, 0.717) is 24.5 Å². The van der Waals surface area contributed by atoms with Gasteiger partial charge < -0.3 is 4.43 Å². The molecule has 36 heavy (non-hydrogen) atoms. The molecule has 2 aromatic carbocycles. The average Bonchev–Trinajstić information content (AvgIpc) is 2.98. The molecule has 190 valence electrons. The number of carbonyl (C=O) groups is 1. The highest BCUT2D eigenvalue weighted by Crippen LogP contribution is 2.55. The molecular formula is C33H42O2Si. The second kappa shape index (κ2) is 10.1. The Morgan fingerprint density at radius 2 is 1.58 bits per heavy atom. The van der Waals surface area contributed by atoms with Gasteiger partial charge >= 0.3 is 0 Å². The molecular weight excluding hydrogens is 456 g/mol. The third kappa shape index (κ3) is 4.64. The maximum Gasteiger partial charge on any atom is 0.261 e. The van der Waals surface area contributed by atoms with Crippen LogP contribution in [0.5, 0.6) is 0 Å². The van der Waals surface area contributed by atoms with Crippen LogP contribution in [0, 0.1) is 17.3 Å². The summed E-state index contributed by atoms with van der Waals surface area (Å²) in [6.45, 7) is 18.5. The molecule has 0 amide bonds. The number of ketones is 1. The van der Waals surface area contributed by atoms with Gasteiger partial charge in [-0.3, -0.25) is 4.79 Å². The molecule has 3 heteroatoms. The summed E-state index contributed by atoms with van der Waals surface area (Å²) >= 11 is 0. The van der Waals surface area contributed by atoms with Crippen LogP contribution in [0.3, 0.4) is 0 Å². The Kier molecular flexibility index (Phi) is 7.46. The standard InChI is InChI=1S/C33H42O2Si/c1-24-20-21-26-23-29(30(24)33(26,6)7)31(34)25(2)15-14-22-35-36(32(3,4)5,27-16-10-8-11-17-27)28-18-12-9-13-19-28/h8-13,16-20,23,26,30H,2,14-15,21-22H2,1,3-7H3/t26-,30+/m0/s1. The summed E-state index contributed by atoms with van der Waals surface area (Å²) in [6.07, 6.45) is 7.04. The van der Waals surface area contributed by atoms with Crippen molar-refractivity contribution in [2.45, 2.75) is 65.8 Å². The minimum atomic E-state index is -2.55. The molecule has 0 aromatic heterocycles. The van der Waals surface area contributed by atoms with Gasteiger partial charge in [-0.2, -0.15) is 0 Å². The van der Waals surface area contributed by atoms with E-state index in [4.69, 9.17) is 4.43 Å². The number of benzene rings is 2. The number of hydrogen-bond donors (Lipinski definition) is 0. The van der Waals surface area contributed by atoms with Crippen molar-refractivity contribution in [2.75, 3.05) is 6.61 Å². The third-order valence-corrected chi connectivity index (χ3v) is 13.5. The summed E-state index contributed by atoms with van der Waals surface area (Å²) in [5, 5.41) is 2.52. The molecule has 0 N–H and O–H groups in total. The van der Waals surface area contributed by atoms with Gasteiger partial charge in [0.15, 0.2) is 5.78 Å². The Bertz CT molecular complexity index is 1130. The van der Waals surface area contributed by atoms with Gasteiger partial charge in [-0.05, 0) is 58.5 Å². The van der Waals surface area contributed by atoms with Crippen molar-refractivity contribution in [3.63, 3.8) is 0 Å². The number of fused-ring (bicyclic) bond motifs is 2. The minimum Gasteiger partial charge on any atom is -0.407 e. The van der Waals surface area contributed by atoms with Crippen LogP contribution in [0.25, 0.3) is 0 Å². The number of allylic oxidation sites excluding steroid dienone is 5. The summed E-state index contributed by atoms with van der Waals surface area (Å²) in [5.41, 5.74) is 3.12. The average molecular weight is 499 g/mol. The fourth-order valence-corrected chi connectivity index (χ4v) is 11.2. The highest BCUT2D eigenvalue weighted by atomic mass is 28.4. The molecule has 0 aliphatic heterocycles. The fourth-order valence-electron chi connectivity index (χ4n) is 6.57. The molecule has 0 saturated carbocycles. The first-order chi connectivity index (χ1) is 17.0. The van der Waals surface area contributed by atoms with E-state index >= 15 is 0 Å². The van der Waals surface area contributed by atoms with Crippen molar-refractivity contribution >= 4 is 24.5 Å². The van der Waals surface area contributed by atoms with E-state index in [9.17, 15) is 4.79 Å². The van der Waals surface area contributed by atoms with E-state index < -0.39 is 8.32 Å². The van der Waals surface area contributed by atoms with Crippen LogP contribution < -0.4 is 10.4 Å². The largest absolute Gasteiger partial charge is 0.407 e. The zero-order valence-electron chi connectivity index (χ0n) is 22.9. The molecule has 0 radical (unpaired) electrons. The monoisotopic (exact) mass is 498 g/mol. The lowest BCUT2D eigenvalue weighted by Gasteiger charge is -2.43. The van der Waals surface area contributed by atoms with Crippen LogP contribution in [0.2, 0.25) is 5.04 Å². The zero-order valence-corrected chi connectivity index (χ0v) is 23.9. The lowest BCUT2D eigenvalue weighted by molar-refractivity contribution is -0.113. The maximum atomic E-state index is 13.5. The number of hydrogen-bond acceptors (Lipinski definition) is 2. The van der Waals surface area contributed by atoms with Gasteiger partial charge in [-0.15, -0.1) is 0 Å². The first kappa shape index (κ1) is 26.6. The summed E-state index contributed by atoms with van der Waals surface area (Å²) in [6, 6.07) is 21.4. The first-order valence-corrected chi connectivity index (χ1v) is 15.3. The molecule has 0 unspecified atom stereocenters. The van der Waals surface area contributed by atoms with Crippen LogP contribution in [-0.2, 0) is 9.22 Å². The summed E-state index contributed by atoms with van der Waals surface area (Å²) in [5.74, 6) is 0.806. The number of Topliss-reactive ketones (excluding diaryl/α,β-unsaturated/α-hetero) is 1. The highest BCUT2D eigenvalue weighted by molar-refractivity contribution is 6.99. The molecule has 2 aromatic rings. The van der Waals surface area contributed by atoms with Crippen molar-refractivity contribution in [2.24, 2.45) is 17.3 Å². The van der Waals surface area contributed by atoms with Crippen molar-refractivity contribution in [1.29, 1.82) is 0 Å². The van der Waals surface area contributed by atoms with E-state index in [2.05, 4.69) is 121 Å². The van der Waals surface area contributed by atoms with Gasteiger partial charge in [-0.25, -0.2) is 0 Å². The van der Waals surface area contributed by atoms with Crippen LogP contribution in [0.4, 0.5) is 0 Å². The van der Waals surface area contributed by atoms with E-state index in [-0.39, 0.29) is 22.2 Å². The SMILES string of the molecule is C=C(CCCO[Si](c1ccccc1)(c1ccccc1)C(C)(C)C)C(=O)C1=C[C@@H]2CC=C(C)[C@H]1C2(C)C. The van der Waals surface area contributed by atoms with Crippen LogP contribution in [0.1, 0.15) is 60.8 Å². The zero-order chi connectivity index (χ0) is 26.1. The van der Waals surface area contributed by atoms with Gasteiger partial charge in [0, 0.05) is 18.1 Å². The molecule has 2 aliphatic carbocycles. The molecule has 2 nitrogen and oxygen atoms in total. The molecule has 0 spiro atoms. The van der Waals surface area contributed by atoms with Gasteiger partial charge in [0.05, 0.1) is 0 Å². The smallest absolute Gasteiger partial charge is 0.261 e. The van der Waals surface area contributed by atoms with Crippen LogP contribution in [0.15, 0.2) is 96.1 Å². The van der Waals surface area contributed by atoms with E-state index in [1.165, 1.54) is 15.9 Å².